The molecular formula is C21H32N4O3. The molecule has 154 valence electrons. The molecular weight excluding hydrogens is 356 g/mol. The predicted molar refractivity (Wildman–Crippen MR) is 107 cm³/mol. The van der Waals surface area contributed by atoms with Gasteiger partial charge in [-0.1, -0.05) is 6.07 Å². The van der Waals surface area contributed by atoms with Crippen LogP contribution in [0.15, 0.2) is 18.3 Å². The minimum Gasteiger partial charge on any atom is -0.450 e. The number of carbonyl (C=O) groups excluding carboxylic acids is 1. The zero-order valence-corrected chi connectivity index (χ0v) is 17.1. The van der Waals surface area contributed by atoms with Gasteiger partial charge in [0.05, 0.1) is 13.2 Å². The van der Waals surface area contributed by atoms with E-state index >= 15 is 0 Å². The second-order valence-electron chi connectivity index (χ2n) is 8.39. The molecule has 3 fully saturated rings. The fourth-order valence-corrected chi connectivity index (χ4v) is 5.16. The van der Waals surface area contributed by atoms with E-state index in [1.54, 1.807) is 7.11 Å². The number of hydrogen-bond acceptors (Lipinski definition) is 6. The van der Waals surface area contributed by atoms with Crippen LogP contribution in [-0.2, 0) is 16.1 Å². The molecule has 1 atom stereocenters. The minimum atomic E-state index is -0.146. The predicted octanol–water partition coefficient (Wildman–Crippen LogP) is 2.36. The first-order valence-electron chi connectivity index (χ1n) is 10.5. The number of hydrogen-bond donors (Lipinski definition) is 0. The third-order valence-corrected chi connectivity index (χ3v) is 6.55. The summed E-state index contributed by atoms with van der Waals surface area (Å²) in [5, 5.41) is 0. The van der Waals surface area contributed by atoms with Crippen molar-refractivity contribution < 1.29 is 14.3 Å². The molecule has 0 N–H and O–H groups in total. The van der Waals surface area contributed by atoms with Crippen molar-refractivity contribution in [2.24, 2.45) is 5.41 Å². The molecule has 1 saturated carbocycles. The highest BCUT2D eigenvalue weighted by molar-refractivity contribution is 5.69. The number of ether oxygens (including phenoxy) is 2. The first-order valence-corrected chi connectivity index (χ1v) is 10.5. The van der Waals surface area contributed by atoms with Crippen molar-refractivity contribution >= 4 is 11.9 Å². The van der Waals surface area contributed by atoms with Crippen molar-refractivity contribution in [1.82, 2.24) is 14.8 Å². The molecule has 7 nitrogen and oxygen atoms in total. The Kier molecular flexibility index (Phi) is 5.73. The Labute approximate surface area is 167 Å². The second-order valence-corrected chi connectivity index (χ2v) is 8.39. The van der Waals surface area contributed by atoms with E-state index in [-0.39, 0.29) is 6.09 Å². The van der Waals surface area contributed by atoms with E-state index in [0.29, 0.717) is 24.7 Å². The molecule has 0 aromatic carbocycles. The van der Waals surface area contributed by atoms with E-state index < -0.39 is 0 Å². The quantitative estimate of drug-likeness (QED) is 0.772. The zero-order valence-electron chi connectivity index (χ0n) is 17.1. The molecule has 1 aromatic heterocycles. The van der Waals surface area contributed by atoms with Crippen molar-refractivity contribution in [3.63, 3.8) is 0 Å². The molecule has 3 aliphatic rings. The summed E-state index contributed by atoms with van der Waals surface area (Å²) in [5.41, 5.74) is 1.49. The lowest BCUT2D eigenvalue weighted by Gasteiger charge is -2.48. The smallest absolute Gasteiger partial charge is 0.409 e. The number of amides is 1. The number of anilines is 1. The van der Waals surface area contributed by atoms with Crippen LogP contribution in [0, 0.1) is 5.41 Å². The number of nitrogens with zero attached hydrogens (tertiary/aromatic N) is 4. The Hall–Kier alpha value is -1.86. The lowest BCUT2D eigenvalue weighted by molar-refractivity contribution is -0.00294. The maximum absolute atomic E-state index is 11.9. The van der Waals surface area contributed by atoms with Crippen LogP contribution < -0.4 is 4.90 Å². The normalized spacial score (nSPS) is 24.4. The van der Waals surface area contributed by atoms with Gasteiger partial charge in [0.15, 0.2) is 0 Å². The van der Waals surface area contributed by atoms with Gasteiger partial charge in [-0.25, -0.2) is 9.78 Å². The summed E-state index contributed by atoms with van der Waals surface area (Å²) in [6.07, 6.45) is 5.41. The fourth-order valence-electron chi connectivity index (χ4n) is 5.16. The molecule has 0 radical (unpaired) electrons. The van der Waals surface area contributed by atoms with Gasteiger partial charge in [0.2, 0.25) is 0 Å². The summed E-state index contributed by atoms with van der Waals surface area (Å²) in [7, 11) is 1.73. The maximum atomic E-state index is 11.9. The Bertz CT molecular complexity index is 684. The number of likely N-dealkylation sites (tertiary alicyclic amines) is 1. The minimum absolute atomic E-state index is 0.146. The SMILES string of the molecule is CCOC(=O)N1CC2(CC[C@@H](N3CCN(c4ncccc4COC)CC3)C2)C1. The molecule has 1 spiro atoms. The average Bonchev–Trinajstić information content (AvgIpc) is 3.14. The van der Waals surface area contributed by atoms with Gasteiger partial charge < -0.3 is 19.3 Å². The first kappa shape index (κ1) is 19.5. The highest BCUT2D eigenvalue weighted by Gasteiger charge is 2.51. The molecule has 1 amide bonds. The van der Waals surface area contributed by atoms with Crippen molar-refractivity contribution in [3.05, 3.63) is 23.9 Å². The van der Waals surface area contributed by atoms with Crippen LogP contribution >= 0.6 is 0 Å². The van der Waals surface area contributed by atoms with Gasteiger partial charge in [-0.2, -0.15) is 0 Å². The Morgan fingerprint density at radius 1 is 1.29 bits per heavy atom. The van der Waals surface area contributed by atoms with Gasteiger partial charge in [-0.05, 0) is 32.3 Å². The molecule has 7 heteroatoms. The number of rotatable bonds is 5. The summed E-state index contributed by atoms with van der Waals surface area (Å²) in [6, 6.07) is 4.73. The van der Waals surface area contributed by atoms with E-state index in [1.165, 1.54) is 19.3 Å². The van der Waals surface area contributed by atoms with Crippen LogP contribution in [0.25, 0.3) is 0 Å². The van der Waals surface area contributed by atoms with E-state index in [4.69, 9.17) is 9.47 Å². The van der Waals surface area contributed by atoms with Crippen molar-refractivity contribution in [1.29, 1.82) is 0 Å². The third-order valence-electron chi connectivity index (χ3n) is 6.55. The van der Waals surface area contributed by atoms with Crippen LogP contribution in [0.1, 0.15) is 31.7 Å². The van der Waals surface area contributed by atoms with Crippen LogP contribution in [0.5, 0.6) is 0 Å². The summed E-state index contributed by atoms with van der Waals surface area (Å²) < 4.78 is 10.5. The van der Waals surface area contributed by atoms with Crippen LogP contribution in [-0.4, -0.2) is 79.9 Å². The van der Waals surface area contributed by atoms with Gasteiger partial charge >= 0.3 is 6.09 Å². The Balaban J connectivity index is 1.28. The van der Waals surface area contributed by atoms with E-state index in [0.717, 1.165) is 50.6 Å². The molecule has 2 saturated heterocycles. The van der Waals surface area contributed by atoms with E-state index in [1.807, 2.05) is 24.1 Å². The van der Waals surface area contributed by atoms with Gasteiger partial charge in [0.1, 0.15) is 5.82 Å². The molecule has 2 aliphatic heterocycles. The van der Waals surface area contributed by atoms with Gasteiger partial charge in [-0.3, -0.25) is 4.90 Å². The molecule has 3 heterocycles. The maximum Gasteiger partial charge on any atom is 0.409 e. The number of carbonyl (C=O) groups is 1. The average molecular weight is 389 g/mol. The highest BCUT2D eigenvalue weighted by atomic mass is 16.6. The lowest BCUT2D eigenvalue weighted by atomic mass is 9.78. The van der Waals surface area contributed by atoms with Crippen molar-refractivity contribution in [2.75, 3.05) is 57.9 Å². The molecule has 0 bridgehead atoms. The topological polar surface area (TPSA) is 58.1 Å². The summed E-state index contributed by atoms with van der Waals surface area (Å²) in [5.74, 6) is 1.07. The van der Waals surface area contributed by atoms with E-state index in [9.17, 15) is 4.79 Å². The van der Waals surface area contributed by atoms with Crippen molar-refractivity contribution in [3.8, 4) is 0 Å². The summed E-state index contributed by atoms with van der Waals surface area (Å²) in [4.78, 5) is 23.4. The number of methoxy groups -OCH3 is 1. The Morgan fingerprint density at radius 3 is 2.79 bits per heavy atom. The number of piperazine rings is 1. The summed E-state index contributed by atoms with van der Waals surface area (Å²) >= 11 is 0. The molecule has 4 rings (SSSR count). The third kappa shape index (κ3) is 3.82. The number of aromatic nitrogens is 1. The lowest BCUT2D eigenvalue weighted by Crippen LogP contribution is -2.58. The van der Waals surface area contributed by atoms with Crippen LogP contribution in [0.3, 0.4) is 0 Å². The van der Waals surface area contributed by atoms with Gasteiger partial charge in [-0.15, -0.1) is 0 Å². The van der Waals surface area contributed by atoms with Crippen molar-refractivity contribution in [2.45, 2.75) is 38.8 Å². The highest BCUT2D eigenvalue weighted by Crippen LogP contribution is 2.47. The molecule has 28 heavy (non-hydrogen) atoms. The second kappa shape index (κ2) is 8.25. The molecule has 0 unspecified atom stereocenters. The monoisotopic (exact) mass is 388 g/mol. The number of pyridine rings is 1. The standard InChI is InChI=1S/C21H32N4O3/c1-3-28-20(26)25-15-21(16-25)7-6-18(13-21)23-9-11-24(12-10-23)19-17(14-27-2)5-4-8-22-19/h4-5,8,18H,3,6-7,9-16H2,1-2H3/t18-/m1/s1. The van der Waals surface area contributed by atoms with E-state index in [2.05, 4.69) is 20.9 Å². The Morgan fingerprint density at radius 2 is 2.07 bits per heavy atom. The molecule has 1 aromatic rings. The van der Waals surface area contributed by atoms with Crippen LogP contribution in [0.2, 0.25) is 0 Å². The first-order chi connectivity index (χ1) is 13.6. The largest absolute Gasteiger partial charge is 0.450 e. The molecule has 1 aliphatic carbocycles. The van der Waals surface area contributed by atoms with Gasteiger partial charge in [0.25, 0.3) is 0 Å². The van der Waals surface area contributed by atoms with Crippen LogP contribution in [0.4, 0.5) is 10.6 Å². The fraction of sp³-hybridized carbons (Fsp3) is 0.714. The zero-order chi connectivity index (χ0) is 19.6. The van der Waals surface area contributed by atoms with Gasteiger partial charge in [0, 0.05) is 69.6 Å². The summed E-state index contributed by atoms with van der Waals surface area (Å²) in [6.45, 7) is 8.83.